The van der Waals surface area contributed by atoms with Crippen molar-refractivity contribution in [1.82, 2.24) is 0 Å². The molecule has 24 heavy (non-hydrogen) atoms. The summed E-state index contributed by atoms with van der Waals surface area (Å²) < 4.78 is 0. The second-order valence-electron chi connectivity index (χ2n) is 10.1. The molecule has 0 aromatic carbocycles. The van der Waals surface area contributed by atoms with Gasteiger partial charge in [0, 0.05) is 5.92 Å². The van der Waals surface area contributed by atoms with Crippen molar-refractivity contribution in [1.29, 1.82) is 0 Å². The molecule has 0 radical (unpaired) electrons. The number of rotatable bonds is 0. The van der Waals surface area contributed by atoms with Crippen LogP contribution in [-0.4, -0.2) is 44.8 Å². The third kappa shape index (κ3) is 2.12. The Balaban J connectivity index is 1.73. The Bertz CT molecular complexity index is 510. The Labute approximate surface area is 145 Å². The van der Waals surface area contributed by atoms with Gasteiger partial charge in [-0.2, -0.15) is 0 Å². The highest BCUT2D eigenvalue weighted by molar-refractivity contribution is 5.14. The van der Waals surface area contributed by atoms with Crippen molar-refractivity contribution in [2.45, 2.75) is 83.7 Å². The summed E-state index contributed by atoms with van der Waals surface area (Å²) in [7, 11) is 0. The van der Waals surface area contributed by atoms with Crippen LogP contribution in [0.1, 0.15) is 59.3 Å². The monoisotopic (exact) mass is 338 g/mol. The van der Waals surface area contributed by atoms with Gasteiger partial charge in [-0.3, -0.25) is 0 Å². The van der Waals surface area contributed by atoms with Crippen LogP contribution in [0.2, 0.25) is 0 Å². The van der Waals surface area contributed by atoms with Gasteiger partial charge in [0.05, 0.1) is 24.4 Å². The Morgan fingerprint density at radius 3 is 2.25 bits per heavy atom. The molecule has 4 heteroatoms. The molecule has 4 nitrogen and oxygen atoms in total. The van der Waals surface area contributed by atoms with Gasteiger partial charge >= 0.3 is 0 Å². The molecule has 0 saturated heterocycles. The molecule has 0 amide bonds. The van der Waals surface area contributed by atoms with Crippen molar-refractivity contribution in [3.63, 3.8) is 0 Å². The second-order valence-corrected chi connectivity index (χ2v) is 10.1. The number of hydrogen-bond donors (Lipinski definition) is 4. The van der Waals surface area contributed by atoms with Gasteiger partial charge in [-0.1, -0.05) is 20.8 Å². The summed E-state index contributed by atoms with van der Waals surface area (Å²) in [5.74, 6) is 1.21. The maximum absolute atomic E-state index is 11.0. The van der Waals surface area contributed by atoms with Gasteiger partial charge in [0.2, 0.25) is 0 Å². The van der Waals surface area contributed by atoms with E-state index in [1.807, 2.05) is 0 Å². The van der Waals surface area contributed by atoms with Gasteiger partial charge in [0.15, 0.2) is 0 Å². The SMILES string of the molecule is CC1CC2C3C(O)C(O)C4C(O)C(O)CCC4(C)C3CCC2(C)C1. The molecule has 4 aliphatic carbocycles. The van der Waals surface area contributed by atoms with Crippen LogP contribution in [0.25, 0.3) is 0 Å². The molecule has 0 spiro atoms. The summed E-state index contributed by atoms with van der Waals surface area (Å²) in [5, 5.41) is 42.6. The first-order valence-corrected chi connectivity index (χ1v) is 9.91. The fourth-order valence-electron chi connectivity index (χ4n) is 7.75. The summed E-state index contributed by atoms with van der Waals surface area (Å²) in [5.41, 5.74) is 0.104. The van der Waals surface area contributed by atoms with Crippen LogP contribution in [0.15, 0.2) is 0 Å². The van der Waals surface area contributed by atoms with Crippen molar-refractivity contribution in [2.75, 3.05) is 0 Å². The summed E-state index contributed by atoms with van der Waals surface area (Å²) in [4.78, 5) is 0. The molecule has 0 aromatic heterocycles. The Kier molecular flexibility index (Phi) is 3.90. The van der Waals surface area contributed by atoms with E-state index in [1.54, 1.807) is 0 Å². The minimum absolute atomic E-state index is 0.132. The lowest BCUT2D eigenvalue weighted by atomic mass is 9.43. The smallest absolute Gasteiger partial charge is 0.0861 e. The van der Waals surface area contributed by atoms with E-state index in [2.05, 4.69) is 20.8 Å². The van der Waals surface area contributed by atoms with Gasteiger partial charge in [-0.15, -0.1) is 0 Å². The normalized spacial score (nSPS) is 63.4. The predicted octanol–water partition coefficient (Wildman–Crippen LogP) is 1.94. The molecule has 11 atom stereocenters. The van der Waals surface area contributed by atoms with E-state index < -0.39 is 30.3 Å². The quantitative estimate of drug-likeness (QED) is 0.544. The average molecular weight is 338 g/mol. The van der Waals surface area contributed by atoms with Gasteiger partial charge < -0.3 is 20.4 Å². The Hall–Kier alpha value is -0.160. The highest BCUT2D eigenvalue weighted by atomic mass is 16.3. The van der Waals surface area contributed by atoms with Gasteiger partial charge in [-0.05, 0) is 73.0 Å². The maximum Gasteiger partial charge on any atom is 0.0861 e. The van der Waals surface area contributed by atoms with E-state index >= 15 is 0 Å². The fourth-order valence-corrected chi connectivity index (χ4v) is 7.75. The van der Waals surface area contributed by atoms with Gasteiger partial charge in [0.25, 0.3) is 0 Å². The van der Waals surface area contributed by atoms with E-state index in [4.69, 9.17) is 0 Å². The zero-order valence-corrected chi connectivity index (χ0v) is 15.2. The van der Waals surface area contributed by atoms with Gasteiger partial charge in [0.1, 0.15) is 0 Å². The average Bonchev–Trinajstić information content (AvgIpc) is 2.82. The van der Waals surface area contributed by atoms with Crippen LogP contribution < -0.4 is 0 Å². The Morgan fingerprint density at radius 1 is 0.833 bits per heavy atom. The third-order valence-electron chi connectivity index (χ3n) is 8.78. The van der Waals surface area contributed by atoms with E-state index in [-0.39, 0.29) is 16.7 Å². The molecule has 0 heterocycles. The fraction of sp³-hybridized carbons (Fsp3) is 1.00. The topological polar surface area (TPSA) is 80.9 Å². The number of aliphatic hydroxyl groups excluding tert-OH is 4. The molecule has 138 valence electrons. The lowest BCUT2D eigenvalue weighted by Crippen LogP contribution is -2.67. The molecular weight excluding hydrogens is 304 g/mol. The maximum atomic E-state index is 11.0. The summed E-state index contributed by atoms with van der Waals surface area (Å²) >= 11 is 0. The summed E-state index contributed by atoms with van der Waals surface area (Å²) in [6.07, 6.45) is 2.66. The van der Waals surface area contributed by atoms with Crippen LogP contribution in [0.5, 0.6) is 0 Å². The molecule has 4 saturated carbocycles. The molecule has 4 aliphatic rings. The van der Waals surface area contributed by atoms with Crippen LogP contribution in [-0.2, 0) is 0 Å². The van der Waals surface area contributed by atoms with Crippen molar-refractivity contribution >= 4 is 0 Å². The lowest BCUT2D eigenvalue weighted by molar-refractivity contribution is -0.249. The number of fused-ring (bicyclic) bond motifs is 5. The first kappa shape index (κ1) is 17.3. The third-order valence-corrected chi connectivity index (χ3v) is 8.78. The van der Waals surface area contributed by atoms with Crippen molar-refractivity contribution in [2.24, 2.45) is 40.4 Å². The number of hydrogen-bond acceptors (Lipinski definition) is 4. The van der Waals surface area contributed by atoms with Crippen LogP contribution in [0, 0.1) is 40.4 Å². The van der Waals surface area contributed by atoms with Crippen molar-refractivity contribution in [3.05, 3.63) is 0 Å². The molecule has 4 rings (SSSR count). The van der Waals surface area contributed by atoms with E-state index in [0.29, 0.717) is 24.2 Å². The minimum Gasteiger partial charge on any atom is -0.390 e. The standard InChI is InChI=1S/C20H34O4/c1-10-8-12-14-11(4-6-19(12,2)9-10)20(3)7-5-13(21)16(22)15(20)18(24)17(14)23/h10-18,21-24H,4-9H2,1-3H3. The molecule has 0 aromatic rings. The van der Waals surface area contributed by atoms with E-state index in [0.717, 1.165) is 19.3 Å². The molecule has 0 bridgehead atoms. The van der Waals surface area contributed by atoms with Crippen LogP contribution in [0.3, 0.4) is 0 Å². The zero-order valence-electron chi connectivity index (χ0n) is 15.2. The first-order valence-electron chi connectivity index (χ1n) is 9.91. The van der Waals surface area contributed by atoms with Crippen LogP contribution >= 0.6 is 0 Å². The minimum atomic E-state index is -0.931. The van der Waals surface area contributed by atoms with Crippen molar-refractivity contribution < 1.29 is 20.4 Å². The second kappa shape index (κ2) is 5.42. The first-order chi connectivity index (χ1) is 11.2. The molecule has 4 fully saturated rings. The van der Waals surface area contributed by atoms with E-state index in [9.17, 15) is 20.4 Å². The van der Waals surface area contributed by atoms with Crippen LogP contribution in [0.4, 0.5) is 0 Å². The predicted molar refractivity (Wildman–Crippen MR) is 91.1 cm³/mol. The number of aliphatic hydroxyl groups is 4. The van der Waals surface area contributed by atoms with Crippen molar-refractivity contribution in [3.8, 4) is 0 Å². The highest BCUT2D eigenvalue weighted by Gasteiger charge is 2.65. The largest absolute Gasteiger partial charge is 0.390 e. The lowest BCUT2D eigenvalue weighted by Gasteiger charge is -2.63. The molecule has 0 aliphatic heterocycles. The summed E-state index contributed by atoms with van der Waals surface area (Å²) in [6.45, 7) is 6.89. The highest BCUT2D eigenvalue weighted by Crippen LogP contribution is 2.66. The molecule has 4 N–H and O–H groups in total. The van der Waals surface area contributed by atoms with Gasteiger partial charge in [-0.25, -0.2) is 0 Å². The molecule has 11 unspecified atom stereocenters. The Morgan fingerprint density at radius 2 is 1.54 bits per heavy atom. The summed E-state index contributed by atoms with van der Waals surface area (Å²) in [6, 6.07) is 0. The molecular formula is C20H34O4. The van der Waals surface area contributed by atoms with E-state index in [1.165, 1.54) is 12.8 Å². The zero-order chi connectivity index (χ0) is 17.4.